The van der Waals surface area contributed by atoms with Gasteiger partial charge in [0.15, 0.2) is 0 Å². The van der Waals surface area contributed by atoms with Crippen molar-refractivity contribution in [3.05, 3.63) is 60.2 Å². The number of benzene rings is 2. The summed E-state index contributed by atoms with van der Waals surface area (Å²) in [4.78, 5) is 23.5. The summed E-state index contributed by atoms with van der Waals surface area (Å²) < 4.78 is 0. The molecular formula is C19H19NO3. The zero-order chi connectivity index (χ0) is 16.2. The van der Waals surface area contributed by atoms with E-state index >= 15 is 0 Å². The molecule has 2 aromatic rings. The highest BCUT2D eigenvalue weighted by atomic mass is 16.4. The van der Waals surface area contributed by atoms with Gasteiger partial charge in [-0.15, -0.1) is 0 Å². The SMILES string of the molecule is O=C(N[C@H]1CCC[C@H]1C(=O)O)c1ccc(-c2ccccc2)cc1. The molecule has 0 heterocycles. The summed E-state index contributed by atoms with van der Waals surface area (Å²) >= 11 is 0. The summed E-state index contributed by atoms with van der Waals surface area (Å²) in [5, 5.41) is 12.0. The summed E-state index contributed by atoms with van der Waals surface area (Å²) in [7, 11) is 0. The molecule has 0 radical (unpaired) electrons. The lowest BCUT2D eigenvalue weighted by Crippen LogP contribution is -2.40. The smallest absolute Gasteiger partial charge is 0.308 e. The predicted octanol–water partition coefficient (Wildman–Crippen LogP) is 3.34. The first-order valence-electron chi connectivity index (χ1n) is 7.84. The van der Waals surface area contributed by atoms with Gasteiger partial charge in [0.2, 0.25) is 0 Å². The number of carboxylic acids is 1. The molecule has 4 heteroatoms. The van der Waals surface area contributed by atoms with Crippen LogP contribution in [0.1, 0.15) is 29.6 Å². The van der Waals surface area contributed by atoms with Crippen LogP contribution in [-0.4, -0.2) is 23.0 Å². The van der Waals surface area contributed by atoms with Gasteiger partial charge in [-0.3, -0.25) is 9.59 Å². The Morgan fingerprint density at radius 1 is 0.913 bits per heavy atom. The number of hydrogen-bond donors (Lipinski definition) is 2. The number of aliphatic carboxylic acids is 1. The minimum Gasteiger partial charge on any atom is -0.481 e. The molecule has 0 aliphatic heterocycles. The highest BCUT2D eigenvalue weighted by Gasteiger charge is 2.33. The second-order valence-corrected chi connectivity index (χ2v) is 5.90. The molecule has 2 aromatic carbocycles. The van der Waals surface area contributed by atoms with Crippen molar-refractivity contribution in [3.8, 4) is 11.1 Å². The topological polar surface area (TPSA) is 66.4 Å². The number of rotatable bonds is 4. The molecule has 1 saturated carbocycles. The first kappa shape index (κ1) is 15.3. The van der Waals surface area contributed by atoms with E-state index in [1.54, 1.807) is 12.1 Å². The quantitative estimate of drug-likeness (QED) is 0.910. The fraction of sp³-hybridized carbons (Fsp3) is 0.263. The van der Waals surface area contributed by atoms with E-state index in [1.807, 2.05) is 42.5 Å². The van der Waals surface area contributed by atoms with E-state index in [9.17, 15) is 14.7 Å². The normalized spacial score (nSPS) is 20.2. The van der Waals surface area contributed by atoms with Crippen molar-refractivity contribution in [2.75, 3.05) is 0 Å². The van der Waals surface area contributed by atoms with Gasteiger partial charge in [-0.05, 0) is 36.1 Å². The van der Waals surface area contributed by atoms with Crippen molar-refractivity contribution in [1.82, 2.24) is 5.32 Å². The maximum atomic E-state index is 12.3. The monoisotopic (exact) mass is 309 g/mol. The third-order valence-corrected chi connectivity index (χ3v) is 4.40. The molecule has 1 aliphatic carbocycles. The Balaban J connectivity index is 1.70. The molecule has 1 fully saturated rings. The molecule has 4 nitrogen and oxygen atoms in total. The average Bonchev–Trinajstić information content (AvgIpc) is 3.04. The summed E-state index contributed by atoms with van der Waals surface area (Å²) in [5.41, 5.74) is 2.70. The van der Waals surface area contributed by atoms with Crippen LogP contribution in [0.15, 0.2) is 54.6 Å². The minimum atomic E-state index is -0.827. The van der Waals surface area contributed by atoms with Crippen LogP contribution in [0.2, 0.25) is 0 Å². The second-order valence-electron chi connectivity index (χ2n) is 5.90. The van der Waals surface area contributed by atoms with Gasteiger partial charge in [0, 0.05) is 11.6 Å². The molecule has 2 N–H and O–H groups in total. The molecule has 0 bridgehead atoms. The van der Waals surface area contributed by atoms with Gasteiger partial charge in [0.25, 0.3) is 5.91 Å². The van der Waals surface area contributed by atoms with E-state index in [1.165, 1.54) is 0 Å². The van der Waals surface area contributed by atoms with Crippen molar-refractivity contribution in [2.45, 2.75) is 25.3 Å². The molecule has 118 valence electrons. The lowest BCUT2D eigenvalue weighted by molar-refractivity contribution is -0.142. The van der Waals surface area contributed by atoms with Crippen molar-refractivity contribution < 1.29 is 14.7 Å². The van der Waals surface area contributed by atoms with E-state index in [0.717, 1.165) is 24.0 Å². The molecule has 0 aromatic heterocycles. The van der Waals surface area contributed by atoms with Crippen LogP contribution in [0, 0.1) is 5.92 Å². The molecule has 0 unspecified atom stereocenters. The third kappa shape index (κ3) is 3.42. The number of carbonyl (C=O) groups is 2. The van der Waals surface area contributed by atoms with Gasteiger partial charge in [-0.1, -0.05) is 48.9 Å². The van der Waals surface area contributed by atoms with E-state index in [0.29, 0.717) is 12.0 Å². The zero-order valence-electron chi connectivity index (χ0n) is 12.7. The Morgan fingerprint density at radius 2 is 1.57 bits per heavy atom. The summed E-state index contributed by atoms with van der Waals surface area (Å²) in [5.74, 6) is -1.50. The second kappa shape index (κ2) is 6.65. The lowest BCUT2D eigenvalue weighted by atomic mass is 10.0. The number of carboxylic acid groups (broad SMARTS) is 1. The summed E-state index contributed by atoms with van der Waals surface area (Å²) in [6.07, 6.45) is 2.20. The van der Waals surface area contributed by atoms with Crippen LogP contribution in [0.25, 0.3) is 11.1 Å². The molecule has 2 atom stereocenters. The molecule has 3 rings (SSSR count). The fourth-order valence-electron chi connectivity index (χ4n) is 3.12. The van der Waals surface area contributed by atoms with Gasteiger partial charge >= 0.3 is 5.97 Å². The summed E-state index contributed by atoms with van der Waals surface area (Å²) in [6.45, 7) is 0. The molecular weight excluding hydrogens is 290 g/mol. The Kier molecular flexibility index (Phi) is 4.42. The minimum absolute atomic E-state index is 0.206. The van der Waals surface area contributed by atoms with Gasteiger partial charge < -0.3 is 10.4 Å². The fourth-order valence-corrected chi connectivity index (χ4v) is 3.12. The largest absolute Gasteiger partial charge is 0.481 e. The summed E-state index contributed by atoms with van der Waals surface area (Å²) in [6, 6.07) is 17.1. The zero-order valence-corrected chi connectivity index (χ0v) is 12.7. The molecule has 1 aliphatic rings. The highest BCUT2D eigenvalue weighted by Crippen LogP contribution is 2.26. The van der Waals surface area contributed by atoms with Crippen LogP contribution < -0.4 is 5.32 Å². The Hall–Kier alpha value is -2.62. The maximum Gasteiger partial charge on any atom is 0.308 e. The number of nitrogens with one attached hydrogen (secondary N) is 1. The van der Waals surface area contributed by atoms with Crippen LogP contribution in [0.3, 0.4) is 0 Å². The van der Waals surface area contributed by atoms with Gasteiger partial charge in [-0.2, -0.15) is 0 Å². The molecule has 0 spiro atoms. The third-order valence-electron chi connectivity index (χ3n) is 4.40. The number of carbonyl (C=O) groups excluding carboxylic acids is 1. The standard InChI is InChI=1S/C19H19NO3/c21-18(20-17-8-4-7-16(17)19(22)23)15-11-9-14(10-12-15)13-5-2-1-3-6-13/h1-3,5-6,9-12,16-17H,4,7-8H2,(H,20,21)(H,22,23)/t16-,17+/m1/s1. The van der Waals surface area contributed by atoms with Gasteiger partial charge in [-0.25, -0.2) is 0 Å². The lowest BCUT2D eigenvalue weighted by Gasteiger charge is -2.17. The van der Waals surface area contributed by atoms with E-state index in [-0.39, 0.29) is 11.9 Å². The van der Waals surface area contributed by atoms with E-state index in [4.69, 9.17) is 0 Å². The van der Waals surface area contributed by atoms with Crippen LogP contribution in [-0.2, 0) is 4.79 Å². The first-order chi connectivity index (χ1) is 11.1. The van der Waals surface area contributed by atoms with Gasteiger partial charge in [0.05, 0.1) is 5.92 Å². The predicted molar refractivity (Wildman–Crippen MR) is 88.1 cm³/mol. The maximum absolute atomic E-state index is 12.3. The number of amides is 1. The molecule has 0 saturated heterocycles. The van der Waals surface area contributed by atoms with E-state index < -0.39 is 11.9 Å². The van der Waals surface area contributed by atoms with Crippen LogP contribution >= 0.6 is 0 Å². The molecule has 23 heavy (non-hydrogen) atoms. The van der Waals surface area contributed by atoms with Crippen molar-refractivity contribution >= 4 is 11.9 Å². The Morgan fingerprint density at radius 3 is 2.22 bits per heavy atom. The Labute approximate surface area is 135 Å². The average molecular weight is 309 g/mol. The van der Waals surface area contributed by atoms with Crippen molar-refractivity contribution in [1.29, 1.82) is 0 Å². The first-order valence-corrected chi connectivity index (χ1v) is 7.84. The van der Waals surface area contributed by atoms with Gasteiger partial charge in [0.1, 0.15) is 0 Å². The van der Waals surface area contributed by atoms with Crippen molar-refractivity contribution in [2.24, 2.45) is 5.92 Å². The van der Waals surface area contributed by atoms with Crippen molar-refractivity contribution in [3.63, 3.8) is 0 Å². The van der Waals surface area contributed by atoms with Crippen LogP contribution in [0.4, 0.5) is 0 Å². The molecule has 1 amide bonds. The highest BCUT2D eigenvalue weighted by molar-refractivity contribution is 5.95. The Bertz CT molecular complexity index is 694. The van der Waals surface area contributed by atoms with E-state index in [2.05, 4.69) is 5.32 Å². The number of hydrogen-bond acceptors (Lipinski definition) is 2. The van der Waals surface area contributed by atoms with Crippen LogP contribution in [0.5, 0.6) is 0 Å².